The Morgan fingerprint density at radius 3 is 2.35 bits per heavy atom. The number of carboxylic acid groups (broad SMARTS) is 1. The van der Waals surface area contributed by atoms with Gasteiger partial charge < -0.3 is 30.4 Å². The van der Waals surface area contributed by atoms with Crippen molar-refractivity contribution in [3.63, 3.8) is 0 Å². The summed E-state index contributed by atoms with van der Waals surface area (Å²) in [5, 5.41) is 13.8. The lowest BCUT2D eigenvalue weighted by atomic mass is 9.34. The van der Waals surface area contributed by atoms with E-state index in [9.17, 15) is 24.3 Å². The maximum atomic E-state index is 13.6. The fourth-order valence-electron chi connectivity index (χ4n) is 12.3. The minimum Gasteiger partial charge on any atom is -0.481 e. The van der Waals surface area contributed by atoms with Gasteiger partial charge in [-0.1, -0.05) is 67.0 Å². The molecule has 4 fully saturated rings. The van der Waals surface area contributed by atoms with Crippen molar-refractivity contribution in [3.8, 4) is 0 Å². The summed E-state index contributed by atoms with van der Waals surface area (Å²) >= 11 is 0. The monoisotopic (exact) mass is 714 g/mol. The minimum atomic E-state index is -0.836. The topological polar surface area (TPSA) is 154 Å². The molecule has 1 amide bonds. The molecular weight excluding hydrogens is 648 g/mol. The van der Waals surface area contributed by atoms with Crippen LogP contribution in [0.2, 0.25) is 0 Å². The van der Waals surface area contributed by atoms with E-state index < -0.39 is 58.3 Å². The molecule has 10 nitrogen and oxygen atoms in total. The third-order valence-corrected chi connectivity index (χ3v) is 15.5. The van der Waals surface area contributed by atoms with E-state index in [2.05, 4.69) is 59.9 Å². The standard InChI is InChI=1S/C41H66N2O8/c1-10-32(45)43-20-12-11-13-29(42)36(48)51-34-30(50-26(5)44)21-41-23-49-22-38(34,7)31(41)15-14-27-28(41)16-17-40(9)33(35(46)47)37(6,25(4)24(2)3)18-19-39(27,40)8/h16,24-25,27,29-31,33-34H,10-15,17-23,42H2,1-9H3,(H,43,45)(H,46,47)/t25-,27+,29?,30-,31+,33-,34+,37-,38-,39-,40+,41+/m1/s1. The normalized spacial score (nSPS) is 41.2. The first-order chi connectivity index (χ1) is 23.8. The molecule has 51 heavy (non-hydrogen) atoms. The molecule has 1 aliphatic heterocycles. The van der Waals surface area contributed by atoms with Gasteiger partial charge in [-0.05, 0) is 97.7 Å². The summed E-state index contributed by atoms with van der Waals surface area (Å²) in [6.07, 6.45) is 8.00. The lowest BCUT2D eigenvalue weighted by molar-refractivity contribution is -0.263. The first-order valence-electron chi connectivity index (χ1n) is 19.7. The van der Waals surface area contributed by atoms with Crippen LogP contribution >= 0.6 is 0 Å². The number of carbonyl (C=O) groups excluding carboxylic acids is 3. The van der Waals surface area contributed by atoms with Crippen molar-refractivity contribution < 1.29 is 38.5 Å². The predicted octanol–water partition coefficient (Wildman–Crippen LogP) is 6.44. The summed E-state index contributed by atoms with van der Waals surface area (Å²) in [4.78, 5) is 51.1. The molecule has 0 spiro atoms. The maximum absolute atomic E-state index is 13.6. The molecule has 5 rings (SSSR count). The average molecular weight is 715 g/mol. The Labute approximate surface area is 305 Å². The number of allylic oxidation sites excluding steroid dienone is 1. The number of hydrogen-bond acceptors (Lipinski definition) is 8. The first-order valence-corrected chi connectivity index (χ1v) is 19.7. The Balaban J connectivity index is 1.45. The Hall–Kier alpha value is -2.46. The molecule has 1 saturated heterocycles. The molecule has 0 aromatic carbocycles. The first kappa shape index (κ1) is 39.7. The van der Waals surface area contributed by atoms with Gasteiger partial charge in [0.1, 0.15) is 18.2 Å². The van der Waals surface area contributed by atoms with Crippen LogP contribution < -0.4 is 11.1 Å². The zero-order chi connectivity index (χ0) is 37.7. The van der Waals surface area contributed by atoms with Crippen molar-refractivity contribution in [2.75, 3.05) is 19.8 Å². The number of carbonyl (C=O) groups is 4. The molecule has 1 unspecified atom stereocenters. The van der Waals surface area contributed by atoms with Crippen LogP contribution in [-0.4, -0.2) is 66.9 Å². The van der Waals surface area contributed by atoms with E-state index >= 15 is 0 Å². The number of esters is 2. The number of unbranched alkanes of at least 4 members (excludes halogenated alkanes) is 1. The smallest absolute Gasteiger partial charge is 0.323 e. The minimum absolute atomic E-state index is 0.00450. The number of carboxylic acids is 1. The Morgan fingerprint density at radius 2 is 1.73 bits per heavy atom. The molecular formula is C41H66N2O8. The van der Waals surface area contributed by atoms with E-state index in [1.165, 1.54) is 12.5 Å². The zero-order valence-electron chi connectivity index (χ0n) is 32.8. The third kappa shape index (κ3) is 6.46. The second kappa shape index (κ2) is 14.4. The predicted molar refractivity (Wildman–Crippen MR) is 194 cm³/mol. The van der Waals surface area contributed by atoms with Crippen LogP contribution in [0.15, 0.2) is 11.6 Å². The molecule has 10 heteroatoms. The average Bonchev–Trinajstić information content (AvgIpc) is 3.05. The van der Waals surface area contributed by atoms with Crippen molar-refractivity contribution in [2.45, 2.75) is 145 Å². The molecule has 0 radical (unpaired) electrons. The largest absolute Gasteiger partial charge is 0.481 e. The van der Waals surface area contributed by atoms with Crippen molar-refractivity contribution in [2.24, 2.45) is 62.4 Å². The van der Waals surface area contributed by atoms with E-state index in [1.807, 2.05) is 0 Å². The summed E-state index contributed by atoms with van der Waals surface area (Å²) in [6, 6.07) is -0.836. The van der Waals surface area contributed by atoms with Crippen molar-refractivity contribution in [1.29, 1.82) is 0 Å². The molecule has 4 N–H and O–H groups in total. The summed E-state index contributed by atoms with van der Waals surface area (Å²) in [7, 11) is 0. The van der Waals surface area contributed by atoms with Gasteiger partial charge in [0.2, 0.25) is 5.91 Å². The molecule has 3 saturated carbocycles. The summed E-state index contributed by atoms with van der Waals surface area (Å²) in [5.41, 5.74) is 5.66. The molecule has 12 atom stereocenters. The fourth-order valence-corrected chi connectivity index (χ4v) is 12.3. The van der Waals surface area contributed by atoms with Gasteiger partial charge in [-0.3, -0.25) is 19.2 Å². The van der Waals surface area contributed by atoms with Crippen LogP contribution in [0.25, 0.3) is 0 Å². The number of ether oxygens (including phenoxy) is 3. The van der Waals surface area contributed by atoms with Crippen molar-refractivity contribution in [3.05, 3.63) is 11.6 Å². The number of nitrogens with two attached hydrogens (primary N) is 1. The lowest BCUT2D eigenvalue weighted by Gasteiger charge is -2.71. The molecule has 4 aliphatic carbocycles. The number of nitrogens with one attached hydrogen (secondary N) is 1. The summed E-state index contributed by atoms with van der Waals surface area (Å²) in [5.74, 6) is -1.16. The van der Waals surface area contributed by atoms with Crippen LogP contribution in [0, 0.1) is 56.7 Å². The van der Waals surface area contributed by atoms with E-state index in [-0.39, 0.29) is 34.5 Å². The van der Waals surface area contributed by atoms with Crippen molar-refractivity contribution >= 4 is 23.8 Å². The SMILES string of the molecule is CCC(=O)NCCCCC(N)C(=O)O[C@H]1[C@H](OC(C)=O)C[C@@]23COC[C@]1(C)[C@@H]2CC[C@H]1C3=CC[C@@]2(C)[C@H](C(=O)O)[C@@](C)([C@H](C)C(C)C)CC[C@]12C. The van der Waals surface area contributed by atoms with Gasteiger partial charge in [0.15, 0.2) is 0 Å². The highest BCUT2D eigenvalue weighted by molar-refractivity contribution is 5.76. The van der Waals surface area contributed by atoms with Crippen LogP contribution in [0.3, 0.4) is 0 Å². The molecule has 288 valence electrons. The van der Waals surface area contributed by atoms with Gasteiger partial charge in [0, 0.05) is 30.7 Å². The van der Waals surface area contributed by atoms with Gasteiger partial charge in [0.25, 0.3) is 0 Å². The maximum Gasteiger partial charge on any atom is 0.323 e. The summed E-state index contributed by atoms with van der Waals surface area (Å²) < 4.78 is 18.9. The highest BCUT2D eigenvalue weighted by atomic mass is 16.6. The second-order valence-electron chi connectivity index (χ2n) is 18.4. The van der Waals surface area contributed by atoms with Crippen LogP contribution in [0.5, 0.6) is 0 Å². The summed E-state index contributed by atoms with van der Waals surface area (Å²) in [6.45, 7) is 20.2. The fraction of sp³-hybridized carbons (Fsp3) is 0.854. The Morgan fingerprint density at radius 1 is 1.02 bits per heavy atom. The van der Waals surface area contributed by atoms with Gasteiger partial charge >= 0.3 is 17.9 Å². The van der Waals surface area contributed by atoms with Gasteiger partial charge in [-0.15, -0.1) is 0 Å². The Bertz CT molecular complexity index is 1400. The van der Waals surface area contributed by atoms with E-state index in [0.29, 0.717) is 64.2 Å². The van der Waals surface area contributed by atoms with E-state index in [0.717, 1.165) is 25.7 Å². The van der Waals surface area contributed by atoms with Gasteiger partial charge in [-0.2, -0.15) is 0 Å². The number of amides is 1. The number of fused-ring (bicyclic) bond motifs is 3. The Kier molecular flexibility index (Phi) is 11.2. The van der Waals surface area contributed by atoms with Crippen molar-refractivity contribution in [1.82, 2.24) is 5.32 Å². The number of hydrogen-bond donors (Lipinski definition) is 3. The highest BCUT2D eigenvalue weighted by Crippen LogP contribution is 2.75. The zero-order valence-corrected chi connectivity index (χ0v) is 32.8. The van der Waals surface area contributed by atoms with Crippen LogP contribution in [0.1, 0.15) is 127 Å². The van der Waals surface area contributed by atoms with Gasteiger partial charge in [0.05, 0.1) is 19.1 Å². The third-order valence-electron chi connectivity index (χ3n) is 15.5. The molecule has 5 aliphatic rings. The second-order valence-corrected chi connectivity index (χ2v) is 18.4. The van der Waals surface area contributed by atoms with E-state index in [4.69, 9.17) is 19.9 Å². The van der Waals surface area contributed by atoms with Crippen LogP contribution in [0.4, 0.5) is 0 Å². The lowest BCUT2D eigenvalue weighted by Crippen LogP contribution is -2.70. The number of rotatable bonds is 12. The van der Waals surface area contributed by atoms with Gasteiger partial charge in [-0.25, -0.2) is 0 Å². The van der Waals surface area contributed by atoms with E-state index in [1.54, 1.807) is 6.92 Å². The molecule has 2 bridgehead atoms. The molecule has 0 aromatic heterocycles. The quantitative estimate of drug-likeness (QED) is 0.118. The molecule has 1 heterocycles. The highest BCUT2D eigenvalue weighted by Gasteiger charge is 2.72. The number of aliphatic carboxylic acids is 1. The van der Waals surface area contributed by atoms with Crippen LogP contribution in [-0.2, 0) is 33.4 Å². The molecule has 0 aromatic rings.